The maximum atomic E-state index is 11.6. The third-order valence-corrected chi connectivity index (χ3v) is 7.60. The van der Waals surface area contributed by atoms with Crippen LogP contribution in [0.25, 0.3) is 11.2 Å². The zero-order chi connectivity index (χ0) is 22.3. The SMILES string of the molecule is O=P([O-])(O)OP(=O)([O-])OP(=O)([O-])OC[C@H]1O[C@@H](n2cnc3c(Cl)ncnc32)C[C@@H]1O. The summed E-state index contributed by atoms with van der Waals surface area (Å²) in [7, 11) is -17.5. The summed E-state index contributed by atoms with van der Waals surface area (Å²) in [5.74, 6) is 0. The number of halogens is 1. The number of aliphatic hydroxyl groups excluding tert-OH is 1. The van der Waals surface area contributed by atoms with Gasteiger partial charge in [-0.1, -0.05) is 11.6 Å². The van der Waals surface area contributed by atoms with E-state index in [9.17, 15) is 33.5 Å². The Labute approximate surface area is 171 Å². The van der Waals surface area contributed by atoms with E-state index in [0.717, 1.165) is 0 Å². The van der Waals surface area contributed by atoms with Crippen molar-refractivity contribution in [3.63, 3.8) is 0 Å². The highest BCUT2D eigenvalue weighted by Crippen LogP contribution is 2.61. The molecule has 6 atom stereocenters. The third kappa shape index (κ3) is 5.90. The molecule has 1 aliphatic heterocycles. The number of fused-ring (bicyclic) bond motifs is 1. The fourth-order valence-corrected chi connectivity index (χ4v) is 5.60. The van der Waals surface area contributed by atoms with Gasteiger partial charge in [0.2, 0.25) is 0 Å². The van der Waals surface area contributed by atoms with Crippen LogP contribution in [0.5, 0.6) is 0 Å². The van der Waals surface area contributed by atoms with Crippen molar-refractivity contribution in [3.05, 3.63) is 17.8 Å². The molecule has 3 rings (SSSR count). The van der Waals surface area contributed by atoms with Gasteiger partial charge in [0, 0.05) is 6.42 Å². The Hall–Kier alpha value is -0.830. The lowest BCUT2D eigenvalue weighted by Crippen LogP contribution is -2.27. The number of hydrogen-bond acceptors (Lipinski definition) is 14. The van der Waals surface area contributed by atoms with Gasteiger partial charge in [-0.25, -0.2) is 23.6 Å². The lowest BCUT2D eigenvalue weighted by Gasteiger charge is -2.33. The number of ether oxygens (including phenoxy) is 1. The number of hydrogen-bond donors (Lipinski definition) is 2. The predicted octanol–water partition coefficient (Wildman–Crippen LogP) is -1.42. The number of aromatic nitrogens is 4. The van der Waals surface area contributed by atoms with Crippen LogP contribution in [0.15, 0.2) is 12.7 Å². The Kier molecular flexibility index (Phi) is 6.83. The number of phosphoric acid groups is 3. The van der Waals surface area contributed by atoms with Gasteiger partial charge in [0.15, 0.2) is 10.8 Å². The van der Waals surface area contributed by atoms with E-state index in [-0.39, 0.29) is 22.7 Å². The van der Waals surface area contributed by atoms with Crippen LogP contribution < -0.4 is 14.7 Å². The van der Waals surface area contributed by atoms with Crippen molar-refractivity contribution in [2.45, 2.75) is 24.9 Å². The van der Waals surface area contributed by atoms with Crippen molar-refractivity contribution in [2.24, 2.45) is 0 Å². The molecule has 2 N–H and O–H groups in total. The molecule has 20 heteroatoms. The van der Waals surface area contributed by atoms with Gasteiger partial charge in [-0.3, -0.25) is 18.3 Å². The predicted molar refractivity (Wildman–Crippen MR) is 88.0 cm³/mol. The highest BCUT2D eigenvalue weighted by molar-refractivity contribution is 7.65. The van der Waals surface area contributed by atoms with Crippen molar-refractivity contribution in [3.8, 4) is 0 Å². The summed E-state index contributed by atoms with van der Waals surface area (Å²) in [6, 6.07) is 0. The van der Waals surface area contributed by atoms with Crippen molar-refractivity contribution < 1.29 is 56.3 Å². The molecule has 168 valence electrons. The Morgan fingerprint density at radius 3 is 2.57 bits per heavy atom. The Morgan fingerprint density at radius 1 is 1.20 bits per heavy atom. The summed E-state index contributed by atoms with van der Waals surface area (Å²) in [5.41, 5.74) is 0.544. The highest BCUT2D eigenvalue weighted by Gasteiger charge is 2.37. The van der Waals surface area contributed by atoms with Crippen molar-refractivity contribution >= 4 is 46.2 Å². The van der Waals surface area contributed by atoms with E-state index in [1.807, 2.05) is 0 Å². The molecule has 3 unspecified atom stereocenters. The molecule has 0 aliphatic carbocycles. The van der Waals surface area contributed by atoms with Crippen LogP contribution in [0.3, 0.4) is 0 Å². The number of nitrogens with zero attached hydrogens (tertiary/aromatic N) is 4. The van der Waals surface area contributed by atoms with Gasteiger partial charge < -0.3 is 33.9 Å². The first-order valence-corrected chi connectivity index (χ1v) is 12.5. The van der Waals surface area contributed by atoms with Crippen molar-refractivity contribution in [2.75, 3.05) is 6.61 Å². The zero-order valence-corrected chi connectivity index (χ0v) is 17.7. The van der Waals surface area contributed by atoms with Crippen LogP contribution in [-0.4, -0.2) is 48.3 Å². The minimum Gasteiger partial charge on any atom is -0.756 e. The molecule has 2 aromatic heterocycles. The Morgan fingerprint density at radius 2 is 1.90 bits per heavy atom. The standard InChI is InChI=1S/C10H14ClN4O12P3/c11-9-8-10(13-3-12-9)15(4-14-8)7-1-5(16)6(25-7)2-24-29(20,21)27-30(22,23)26-28(17,18)19/h3-7,16H,1-2H2,(H,20,21)(H,22,23)(H2,17,18,19)/p-3/t5-,6+,7+/m0/s1. The Bertz CT molecular complexity index is 1080. The summed E-state index contributed by atoms with van der Waals surface area (Å²) in [4.78, 5) is 53.3. The van der Waals surface area contributed by atoms with Gasteiger partial charge in [0.1, 0.15) is 24.2 Å². The lowest BCUT2D eigenvalue weighted by molar-refractivity contribution is -0.250. The maximum absolute atomic E-state index is 11.6. The number of aliphatic hydroxyl groups is 1. The fourth-order valence-electron chi connectivity index (χ4n) is 2.52. The molecule has 0 spiro atoms. The first-order valence-electron chi connectivity index (χ1n) is 7.66. The van der Waals surface area contributed by atoms with E-state index in [2.05, 4.69) is 28.1 Å². The fraction of sp³-hybridized carbons (Fsp3) is 0.500. The molecule has 3 heterocycles. The lowest BCUT2D eigenvalue weighted by atomic mass is 10.2. The second-order valence-electron chi connectivity index (χ2n) is 5.74. The van der Waals surface area contributed by atoms with E-state index >= 15 is 0 Å². The van der Waals surface area contributed by atoms with Crippen LogP contribution in [0.2, 0.25) is 5.15 Å². The maximum Gasteiger partial charge on any atom is 0.280 e. The molecule has 0 amide bonds. The first-order chi connectivity index (χ1) is 13.8. The summed E-state index contributed by atoms with van der Waals surface area (Å²) >= 11 is 5.90. The highest BCUT2D eigenvalue weighted by atomic mass is 35.5. The molecule has 0 aromatic carbocycles. The third-order valence-electron chi connectivity index (χ3n) is 3.63. The van der Waals surface area contributed by atoms with Gasteiger partial charge >= 0.3 is 0 Å². The van der Waals surface area contributed by atoms with Crippen molar-refractivity contribution in [1.29, 1.82) is 0 Å². The topological polar surface area (TPSA) is 241 Å². The molecule has 1 aliphatic rings. The van der Waals surface area contributed by atoms with Crippen molar-refractivity contribution in [1.82, 2.24) is 19.5 Å². The molecule has 1 fully saturated rings. The van der Waals surface area contributed by atoms with Crippen LogP contribution in [0, 0.1) is 0 Å². The van der Waals surface area contributed by atoms with E-state index in [1.54, 1.807) is 0 Å². The van der Waals surface area contributed by atoms with E-state index in [1.165, 1.54) is 17.2 Å². The number of rotatable bonds is 8. The molecular weight excluding hydrogens is 497 g/mol. The summed E-state index contributed by atoms with van der Waals surface area (Å²) in [6.45, 7) is -0.894. The largest absolute Gasteiger partial charge is 0.756 e. The van der Waals surface area contributed by atoms with E-state index in [4.69, 9.17) is 21.2 Å². The second kappa shape index (κ2) is 8.60. The quantitative estimate of drug-likeness (QED) is 0.307. The first kappa shape index (κ1) is 23.8. The normalized spacial score (nSPS) is 28.1. The van der Waals surface area contributed by atoms with Crippen LogP contribution in [0.1, 0.15) is 12.6 Å². The van der Waals surface area contributed by atoms with Crippen LogP contribution in [0.4, 0.5) is 0 Å². The Balaban J connectivity index is 1.64. The average molecular weight is 508 g/mol. The molecule has 30 heavy (non-hydrogen) atoms. The monoisotopic (exact) mass is 507 g/mol. The van der Waals surface area contributed by atoms with Gasteiger partial charge in [-0.05, 0) is 0 Å². The molecule has 1 saturated heterocycles. The van der Waals surface area contributed by atoms with Crippen LogP contribution >= 0.6 is 35.1 Å². The van der Waals surface area contributed by atoms with Gasteiger partial charge in [0.05, 0.1) is 19.0 Å². The molecule has 0 bridgehead atoms. The molecule has 2 aromatic rings. The smallest absolute Gasteiger partial charge is 0.280 e. The van der Waals surface area contributed by atoms with Gasteiger partial charge in [0.25, 0.3) is 23.5 Å². The molecular formula is C10H11ClN4O12P3-3. The number of phosphoric ester groups is 1. The molecule has 0 radical (unpaired) electrons. The molecule has 0 saturated carbocycles. The zero-order valence-electron chi connectivity index (χ0n) is 14.3. The minimum absolute atomic E-state index is 0.0435. The summed E-state index contributed by atoms with van der Waals surface area (Å²) in [5, 5.41) is 10.2. The van der Waals surface area contributed by atoms with E-state index in [0.29, 0.717) is 0 Å². The molecule has 16 nitrogen and oxygen atoms in total. The van der Waals surface area contributed by atoms with E-state index < -0.39 is 48.5 Å². The second-order valence-corrected chi connectivity index (χ2v) is 10.4. The summed E-state index contributed by atoms with van der Waals surface area (Å²) in [6.07, 6.45) is -0.917. The summed E-state index contributed by atoms with van der Waals surface area (Å²) < 4.78 is 51.0. The van der Waals surface area contributed by atoms with Gasteiger partial charge in [-0.15, -0.1) is 0 Å². The van der Waals surface area contributed by atoms with Crippen LogP contribution in [-0.2, 0) is 31.6 Å². The number of imidazole rings is 1. The van der Waals surface area contributed by atoms with Gasteiger partial charge in [-0.2, -0.15) is 0 Å². The average Bonchev–Trinajstić information content (AvgIpc) is 3.14. The minimum atomic E-state index is -6.01.